The van der Waals surface area contributed by atoms with Gasteiger partial charge in [0.25, 0.3) is 0 Å². The molecule has 0 saturated carbocycles. The Balaban J connectivity index is 3.24. The third-order valence-electron chi connectivity index (χ3n) is 2.74. The molecule has 14 heavy (non-hydrogen) atoms. The van der Waals surface area contributed by atoms with Crippen LogP contribution in [0.1, 0.15) is 50.3 Å². The number of benzene rings is 1. The van der Waals surface area contributed by atoms with Gasteiger partial charge < -0.3 is 5.11 Å². The summed E-state index contributed by atoms with van der Waals surface area (Å²) in [7, 11) is 0. The zero-order valence-corrected chi connectivity index (χ0v) is 9.59. The normalized spacial score (nSPS) is 10.9. The quantitative estimate of drug-likeness (QED) is 0.775. The molecule has 1 rings (SSSR count). The first-order valence-electron chi connectivity index (χ1n) is 5.44. The average Bonchev–Trinajstić information content (AvgIpc) is 2.16. The monoisotopic (exact) mass is 192 g/mol. The van der Waals surface area contributed by atoms with Crippen molar-refractivity contribution in [3.05, 3.63) is 28.8 Å². The lowest BCUT2D eigenvalue weighted by Gasteiger charge is -2.13. The van der Waals surface area contributed by atoms with Crippen LogP contribution in [-0.2, 0) is 12.8 Å². The molecule has 0 heterocycles. The van der Waals surface area contributed by atoms with Crippen molar-refractivity contribution in [3.8, 4) is 5.75 Å². The molecular formula is C13H20O. The number of hydrogen-bond donors (Lipinski definition) is 1. The maximum Gasteiger partial charge on any atom is 0.119 e. The molecule has 1 nitrogen and oxygen atoms in total. The van der Waals surface area contributed by atoms with E-state index in [1.54, 1.807) is 0 Å². The van der Waals surface area contributed by atoms with Crippen LogP contribution in [0.25, 0.3) is 0 Å². The van der Waals surface area contributed by atoms with Crippen LogP contribution in [0, 0.1) is 0 Å². The van der Waals surface area contributed by atoms with Crippen molar-refractivity contribution >= 4 is 0 Å². The minimum absolute atomic E-state index is 0.468. The second-order valence-electron chi connectivity index (χ2n) is 4.04. The van der Waals surface area contributed by atoms with Crippen molar-refractivity contribution in [2.24, 2.45) is 0 Å². The summed E-state index contributed by atoms with van der Waals surface area (Å²) in [4.78, 5) is 0. The minimum atomic E-state index is 0.468. The van der Waals surface area contributed by atoms with Gasteiger partial charge in [0.1, 0.15) is 5.75 Å². The molecule has 0 aliphatic rings. The van der Waals surface area contributed by atoms with Gasteiger partial charge in [-0.2, -0.15) is 0 Å². The van der Waals surface area contributed by atoms with E-state index < -0.39 is 0 Å². The predicted octanol–water partition coefficient (Wildman–Crippen LogP) is 3.64. The molecule has 0 unspecified atom stereocenters. The summed E-state index contributed by atoms with van der Waals surface area (Å²) in [5.74, 6) is 0.952. The number of phenolic OH excluding ortho intramolecular Hbond substituents is 1. The van der Waals surface area contributed by atoms with E-state index in [0.717, 1.165) is 18.4 Å². The summed E-state index contributed by atoms with van der Waals surface area (Å²) in [5.41, 5.74) is 3.63. The lowest BCUT2D eigenvalue weighted by atomic mass is 9.94. The fourth-order valence-electron chi connectivity index (χ4n) is 1.80. The van der Waals surface area contributed by atoms with Gasteiger partial charge in [0, 0.05) is 0 Å². The summed E-state index contributed by atoms with van der Waals surface area (Å²) in [5, 5.41) is 9.85. The number of aryl methyl sites for hydroxylation is 1. The topological polar surface area (TPSA) is 20.2 Å². The Morgan fingerprint density at radius 2 is 1.79 bits per heavy atom. The molecule has 1 N–H and O–H groups in total. The highest BCUT2D eigenvalue weighted by atomic mass is 16.3. The average molecular weight is 192 g/mol. The largest absolute Gasteiger partial charge is 0.508 e. The van der Waals surface area contributed by atoms with E-state index in [1.807, 2.05) is 6.07 Å². The van der Waals surface area contributed by atoms with Gasteiger partial charge in [0.2, 0.25) is 0 Å². The summed E-state index contributed by atoms with van der Waals surface area (Å²) in [6, 6.07) is 4.13. The molecule has 0 aliphatic carbocycles. The van der Waals surface area contributed by atoms with E-state index in [1.165, 1.54) is 11.1 Å². The molecule has 0 aromatic heterocycles. The third-order valence-corrected chi connectivity index (χ3v) is 2.74. The number of rotatable bonds is 3. The molecule has 0 spiro atoms. The van der Waals surface area contributed by atoms with Crippen LogP contribution in [0.2, 0.25) is 0 Å². The lowest BCUT2D eigenvalue weighted by Crippen LogP contribution is -1.96. The molecular weight excluding hydrogens is 172 g/mol. The van der Waals surface area contributed by atoms with E-state index in [-0.39, 0.29) is 0 Å². The molecule has 0 saturated heterocycles. The van der Waals surface area contributed by atoms with Gasteiger partial charge in [0.05, 0.1) is 0 Å². The van der Waals surface area contributed by atoms with Gasteiger partial charge >= 0.3 is 0 Å². The van der Waals surface area contributed by atoms with Crippen LogP contribution in [0.5, 0.6) is 5.75 Å². The third kappa shape index (κ3) is 2.09. The van der Waals surface area contributed by atoms with Gasteiger partial charge in [-0.25, -0.2) is 0 Å². The number of aromatic hydroxyl groups is 1. The second kappa shape index (κ2) is 4.50. The van der Waals surface area contributed by atoms with Crippen LogP contribution in [-0.4, -0.2) is 5.11 Å². The SMILES string of the molecule is CCc1cc(C(C)C)cc(O)c1CC. The standard InChI is InChI=1S/C13H20O/c1-5-10-7-11(9(3)4)8-13(14)12(10)6-2/h7-9,14H,5-6H2,1-4H3. The maximum absolute atomic E-state index is 9.85. The van der Waals surface area contributed by atoms with E-state index in [2.05, 4.69) is 33.8 Å². The number of phenols is 1. The van der Waals surface area contributed by atoms with Crippen molar-refractivity contribution in [3.63, 3.8) is 0 Å². The molecule has 1 aromatic carbocycles. The molecule has 0 aliphatic heterocycles. The molecule has 0 atom stereocenters. The molecule has 0 radical (unpaired) electrons. The van der Waals surface area contributed by atoms with Gasteiger partial charge in [0.15, 0.2) is 0 Å². The highest BCUT2D eigenvalue weighted by Gasteiger charge is 2.09. The summed E-state index contributed by atoms with van der Waals surface area (Å²) < 4.78 is 0. The summed E-state index contributed by atoms with van der Waals surface area (Å²) >= 11 is 0. The smallest absolute Gasteiger partial charge is 0.119 e. The van der Waals surface area contributed by atoms with Crippen LogP contribution >= 0.6 is 0 Å². The van der Waals surface area contributed by atoms with Crippen LogP contribution in [0.4, 0.5) is 0 Å². The van der Waals surface area contributed by atoms with Crippen molar-refractivity contribution in [2.45, 2.75) is 46.5 Å². The zero-order valence-electron chi connectivity index (χ0n) is 9.59. The Morgan fingerprint density at radius 1 is 1.14 bits per heavy atom. The van der Waals surface area contributed by atoms with E-state index in [9.17, 15) is 5.11 Å². The highest BCUT2D eigenvalue weighted by Crippen LogP contribution is 2.28. The van der Waals surface area contributed by atoms with Crippen LogP contribution < -0.4 is 0 Å². The fraction of sp³-hybridized carbons (Fsp3) is 0.538. The Hall–Kier alpha value is -0.980. The van der Waals surface area contributed by atoms with Gasteiger partial charge in [-0.05, 0) is 41.5 Å². The molecule has 0 bridgehead atoms. The predicted molar refractivity (Wildman–Crippen MR) is 61.0 cm³/mol. The first-order valence-corrected chi connectivity index (χ1v) is 5.44. The van der Waals surface area contributed by atoms with Crippen molar-refractivity contribution in [1.29, 1.82) is 0 Å². The molecule has 78 valence electrons. The van der Waals surface area contributed by atoms with Gasteiger partial charge in [-0.3, -0.25) is 0 Å². The fourth-order valence-corrected chi connectivity index (χ4v) is 1.80. The minimum Gasteiger partial charge on any atom is -0.508 e. The van der Waals surface area contributed by atoms with Crippen molar-refractivity contribution in [2.75, 3.05) is 0 Å². The van der Waals surface area contributed by atoms with Crippen molar-refractivity contribution < 1.29 is 5.11 Å². The first kappa shape index (κ1) is 11.1. The van der Waals surface area contributed by atoms with Gasteiger partial charge in [-0.1, -0.05) is 33.8 Å². The Labute approximate surface area is 86.8 Å². The molecule has 0 fully saturated rings. The van der Waals surface area contributed by atoms with Crippen LogP contribution in [0.3, 0.4) is 0 Å². The van der Waals surface area contributed by atoms with E-state index in [4.69, 9.17) is 0 Å². The van der Waals surface area contributed by atoms with Crippen molar-refractivity contribution in [1.82, 2.24) is 0 Å². The van der Waals surface area contributed by atoms with E-state index in [0.29, 0.717) is 11.7 Å². The zero-order chi connectivity index (χ0) is 10.7. The van der Waals surface area contributed by atoms with Gasteiger partial charge in [-0.15, -0.1) is 0 Å². The first-order chi connectivity index (χ1) is 6.60. The Bertz CT molecular complexity index is 313. The summed E-state index contributed by atoms with van der Waals surface area (Å²) in [6.45, 7) is 8.53. The maximum atomic E-state index is 9.85. The Morgan fingerprint density at radius 3 is 2.21 bits per heavy atom. The van der Waals surface area contributed by atoms with E-state index >= 15 is 0 Å². The van der Waals surface area contributed by atoms with Crippen LogP contribution in [0.15, 0.2) is 12.1 Å². The molecule has 0 amide bonds. The number of hydrogen-bond acceptors (Lipinski definition) is 1. The molecule has 1 aromatic rings. The molecule has 1 heteroatoms. The Kier molecular flexibility index (Phi) is 3.56. The lowest BCUT2D eigenvalue weighted by molar-refractivity contribution is 0.466. The summed E-state index contributed by atoms with van der Waals surface area (Å²) in [6.07, 6.45) is 1.91. The second-order valence-corrected chi connectivity index (χ2v) is 4.04. The highest BCUT2D eigenvalue weighted by molar-refractivity contribution is 5.44.